The number of hydrogen-bond acceptors (Lipinski definition) is 5. The van der Waals surface area contributed by atoms with Crippen molar-refractivity contribution in [3.05, 3.63) is 58.2 Å². The third-order valence-electron chi connectivity index (χ3n) is 5.83. The lowest BCUT2D eigenvalue weighted by atomic mass is 9.84. The number of H-pyrrole nitrogens is 1. The van der Waals surface area contributed by atoms with E-state index in [1.807, 2.05) is 6.92 Å². The van der Waals surface area contributed by atoms with Gasteiger partial charge in [0.25, 0.3) is 5.91 Å². The normalized spacial score (nSPS) is 18.1. The molecule has 0 radical (unpaired) electrons. The number of carbonyl (C=O) groups is 4. The first-order valence-corrected chi connectivity index (χ1v) is 10.4. The van der Waals surface area contributed by atoms with Crippen molar-refractivity contribution in [2.75, 3.05) is 13.7 Å². The fraction of sp³-hybridized carbons (Fsp3) is 0.391. The van der Waals surface area contributed by atoms with Crippen LogP contribution in [0.1, 0.15) is 63.9 Å². The fourth-order valence-electron chi connectivity index (χ4n) is 4.12. The monoisotopic (exact) mass is 443 g/mol. The number of ketones is 1. The SMILES string of the molecule is CCCCC1(c2ccc(F)cc2)NC(=O)N(CC(=O)c2[nH]c(C)c(C(=O)OC)c2C)C1=O. The van der Waals surface area contributed by atoms with Crippen LogP contribution in [0.3, 0.4) is 0 Å². The lowest BCUT2D eigenvalue weighted by molar-refractivity contribution is -0.131. The molecule has 8 nitrogen and oxygen atoms in total. The van der Waals surface area contributed by atoms with Gasteiger partial charge in [-0.15, -0.1) is 0 Å². The Morgan fingerprint density at radius 1 is 1.16 bits per heavy atom. The maximum absolute atomic E-state index is 13.5. The van der Waals surface area contributed by atoms with Crippen LogP contribution in [0.5, 0.6) is 0 Å². The van der Waals surface area contributed by atoms with E-state index in [4.69, 9.17) is 4.74 Å². The van der Waals surface area contributed by atoms with Crippen molar-refractivity contribution in [2.45, 2.75) is 45.6 Å². The van der Waals surface area contributed by atoms with Crippen molar-refractivity contribution >= 4 is 23.7 Å². The highest BCUT2D eigenvalue weighted by atomic mass is 19.1. The highest BCUT2D eigenvalue weighted by Gasteiger charge is 2.52. The topological polar surface area (TPSA) is 109 Å². The summed E-state index contributed by atoms with van der Waals surface area (Å²) in [6, 6.07) is 4.70. The largest absolute Gasteiger partial charge is 0.465 e. The Kier molecular flexibility index (Phi) is 6.47. The highest BCUT2D eigenvalue weighted by molar-refractivity contribution is 6.12. The second kappa shape index (κ2) is 8.94. The van der Waals surface area contributed by atoms with Crippen molar-refractivity contribution in [1.29, 1.82) is 0 Å². The molecule has 32 heavy (non-hydrogen) atoms. The van der Waals surface area contributed by atoms with Crippen molar-refractivity contribution in [1.82, 2.24) is 15.2 Å². The van der Waals surface area contributed by atoms with Crippen LogP contribution in [0.25, 0.3) is 0 Å². The number of nitrogens with one attached hydrogen (secondary N) is 2. The number of hydrogen-bond donors (Lipinski definition) is 2. The van der Waals surface area contributed by atoms with Crippen LogP contribution < -0.4 is 5.32 Å². The molecular formula is C23H26FN3O5. The van der Waals surface area contributed by atoms with Crippen LogP contribution in [0.15, 0.2) is 24.3 Å². The quantitative estimate of drug-likeness (QED) is 0.369. The number of ether oxygens (including phenoxy) is 1. The van der Waals surface area contributed by atoms with Crippen molar-refractivity contribution in [3.8, 4) is 0 Å². The lowest BCUT2D eigenvalue weighted by Crippen LogP contribution is -2.44. The minimum absolute atomic E-state index is 0.136. The summed E-state index contributed by atoms with van der Waals surface area (Å²) in [6.07, 6.45) is 1.74. The number of carbonyl (C=O) groups excluding carboxylic acids is 4. The van der Waals surface area contributed by atoms with E-state index in [0.29, 0.717) is 29.7 Å². The third-order valence-corrected chi connectivity index (χ3v) is 5.83. The van der Waals surface area contributed by atoms with E-state index >= 15 is 0 Å². The molecule has 1 fully saturated rings. The van der Waals surface area contributed by atoms with Gasteiger partial charge in [-0.3, -0.25) is 14.5 Å². The Hall–Kier alpha value is -3.49. The summed E-state index contributed by atoms with van der Waals surface area (Å²) in [7, 11) is 1.24. The summed E-state index contributed by atoms with van der Waals surface area (Å²) in [5.74, 6) is -2.12. The number of unbranched alkanes of at least 4 members (excludes halogenated alkanes) is 1. The number of benzene rings is 1. The number of nitrogens with zero attached hydrogens (tertiary/aromatic N) is 1. The van der Waals surface area contributed by atoms with Crippen LogP contribution in [0.2, 0.25) is 0 Å². The standard InChI is InChI=1S/C23H26FN3O5/c1-5-6-11-23(15-7-9-16(24)10-8-15)21(30)27(22(31)26-23)12-17(28)19-13(2)18(14(3)25-19)20(29)32-4/h7-10,25H,5-6,11-12H2,1-4H3,(H,26,31). The van der Waals surface area contributed by atoms with Gasteiger partial charge < -0.3 is 15.0 Å². The van der Waals surface area contributed by atoms with Gasteiger partial charge in [0, 0.05) is 5.69 Å². The van der Waals surface area contributed by atoms with Crippen molar-refractivity contribution in [2.24, 2.45) is 0 Å². The molecule has 2 aromatic rings. The van der Waals surface area contributed by atoms with Gasteiger partial charge in [-0.05, 0) is 43.5 Å². The average Bonchev–Trinajstić information content (AvgIpc) is 3.20. The number of imide groups is 1. The second-order valence-corrected chi connectivity index (χ2v) is 7.88. The second-order valence-electron chi connectivity index (χ2n) is 7.88. The van der Waals surface area contributed by atoms with E-state index in [2.05, 4.69) is 10.3 Å². The van der Waals surface area contributed by atoms with Crippen LogP contribution >= 0.6 is 0 Å². The Morgan fingerprint density at radius 2 is 1.81 bits per heavy atom. The number of esters is 1. The number of aromatic amines is 1. The van der Waals surface area contributed by atoms with Crippen molar-refractivity contribution in [3.63, 3.8) is 0 Å². The number of rotatable bonds is 8. The van der Waals surface area contributed by atoms with Gasteiger partial charge in [0.05, 0.1) is 24.9 Å². The molecular weight excluding hydrogens is 417 g/mol. The summed E-state index contributed by atoms with van der Waals surface area (Å²) in [4.78, 5) is 54.9. The van der Waals surface area contributed by atoms with E-state index < -0.39 is 41.6 Å². The summed E-state index contributed by atoms with van der Waals surface area (Å²) >= 11 is 0. The van der Waals surface area contributed by atoms with Gasteiger partial charge in [-0.25, -0.2) is 14.0 Å². The molecule has 1 aromatic heterocycles. The molecule has 2 heterocycles. The number of methoxy groups -OCH3 is 1. The predicted octanol–water partition coefficient (Wildman–Crippen LogP) is 3.38. The Morgan fingerprint density at radius 3 is 2.41 bits per heavy atom. The van der Waals surface area contributed by atoms with Crippen LogP contribution in [-0.4, -0.2) is 47.2 Å². The van der Waals surface area contributed by atoms with E-state index in [1.165, 1.54) is 31.4 Å². The van der Waals surface area contributed by atoms with Gasteiger partial charge in [-0.2, -0.15) is 0 Å². The minimum Gasteiger partial charge on any atom is -0.465 e. The molecule has 0 aliphatic carbocycles. The van der Waals surface area contributed by atoms with Crippen LogP contribution in [0.4, 0.5) is 9.18 Å². The van der Waals surface area contributed by atoms with Crippen molar-refractivity contribution < 1.29 is 28.3 Å². The molecule has 9 heteroatoms. The molecule has 1 aliphatic heterocycles. The molecule has 1 aliphatic rings. The zero-order valence-corrected chi connectivity index (χ0v) is 18.5. The minimum atomic E-state index is -1.36. The molecule has 0 bridgehead atoms. The van der Waals surface area contributed by atoms with Crippen LogP contribution in [0, 0.1) is 19.7 Å². The predicted molar refractivity (Wildman–Crippen MR) is 114 cm³/mol. The van der Waals surface area contributed by atoms with Gasteiger partial charge in [0.2, 0.25) is 0 Å². The molecule has 3 rings (SSSR count). The fourth-order valence-corrected chi connectivity index (χ4v) is 4.12. The molecule has 3 amide bonds. The van der Waals surface area contributed by atoms with E-state index in [9.17, 15) is 23.6 Å². The van der Waals surface area contributed by atoms with Crippen LogP contribution in [-0.2, 0) is 15.1 Å². The van der Waals surface area contributed by atoms with Gasteiger partial charge in [0.1, 0.15) is 11.4 Å². The zero-order valence-electron chi connectivity index (χ0n) is 18.5. The number of aromatic nitrogens is 1. The molecule has 1 saturated heterocycles. The Balaban J connectivity index is 1.92. The molecule has 170 valence electrons. The lowest BCUT2D eigenvalue weighted by Gasteiger charge is -2.27. The first kappa shape index (κ1) is 23.2. The molecule has 2 N–H and O–H groups in total. The van der Waals surface area contributed by atoms with Gasteiger partial charge in [-0.1, -0.05) is 31.9 Å². The summed E-state index contributed by atoms with van der Waals surface area (Å²) < 4.78 is 18.2. The maximum atomic E-state index is 13.5. The van der Waals surface area contributed by atoms with E-state index in [1.54, 1.807) is 13.8 Å². The summed E-state index contributed by atoms with van der Waals surface area (Å²) in [5.41, 5.74) is 0.327. The average molecular weight is 443 g/mol. The van der Waals surface area contributed by atoms with Gasteiger partial charge >= 0.3 is 12.0 Å². The first-order valence-electron chi connectivity index (χ1n) is 10.4. The first-order chi connectivity index (χ1) is 15.2. The molecule has 1 unspecified atom stereocenters. The van der Waals surface area contributed by atoms with E-state index in [0.717, 1.165) is 11.3 Å². The smallest absolute Gasteiger partial charge is 0.339 e. The number of halogens is 1. The zero-order chi connectivity index (χ0) is 23.6. The number of amides is 3. The molecule has 0 spiro atoms. The Labute approximate surface area is 185 Å². The molecule has 1 atom stereocenters. The van der Waals surface area contributed by atoms with Gasteiger partial charge in [0.15, 0.2) is 5.78 Å². The third kappa shape index (κ3) is 3.90. The molecule has 0 saturated carbocycles. The summed E-state index contributed by atoms with van der Waals surface area (Å²) in [6.45, 7) is 4.68. The summed E-state index contributed by atoms with van der Waals surface area (Å²) in [5, 5.41) is 2.73. The van der Waals surface area contributed by atoms with E-state index in [-0.39, 0.29) is 11.3 Å². The maximum Gasteiger partial charge on any atom is 0.339 e. The highest BCUT2D eigenvalue weighted by Crippen LogP contribution is 2.34. The number of Topliss-reactive ketones (excluding diaryl/α,β-unsaturated/α-hetero) is 1. The number of urea groups is 1. The number of aryl methyl sites for hydroxylation is 1. The Bertz CT molecular complexity index is 1080. The molecule has 1 aromatic carbocycles.